The second kappa shape index (κ2) is 3.41. The van der Waals surface area contributed by atoms with Gasteiger partial charge in [-0.2, -0.15) is 0 Å². The van der Waals surface area contributed by atoms with E-state index in [2.05, 4.69) is 41.4 Å². The first kappa shape index (κ1) is 10.8. The molecule has 17 heavy (non-hydrogen) atoms. The van der Waals surface area contributed by atoms with Crippen LogP contribution in [0.25, 0.3) is 0 Å². The van der Waals surface area contributed by atoms with Gasteiger partial charge >= 0.3 is 23.5 Å². The Hall–Kier alpha value is -2.70. The highest BCUT2D eigenvalue weighted by molar-refractivity contribution is 5.82. The molecule has 0 aromatic carbocycles. The number of nitrogens with zero attached hydrogens (tertiary/aromatic N) is 8. The molecule has 0 aromatic heterocycles. The van der Waals surface area contributed by atoms with E-state index in [4.69, 9.17) is 10.2 Å². The molecule has 88 valence electrons. The van der Waals surface area contributed by atoms with Gasteiger partial charge in [-0.3, -0.25) is 0 Å². The van der Waals surface area contributed by atoms with Crippen molar-refractivity contribution in [1.82, 2.24) is 5.32 Å². The third-order valence-electron chi connectivity index (χ3n) is 1.78. The zero-order valence-corrected chi connectivity index (χ0v) is 7.79. The lowest BCUT2D eigenvalue weighted by Crippen LogP contribution is -2.60. The van der Waals surface area contributed by atoms with Crippen LogP contribution in [-0.2, 0) is 9.59 Å². The van der Waals surface area contributed by atoms with Gasteiger partial charge in [0.05, 0.1) is 0 Å². The first-order valence-electron chi connectivity index (χ1n) is 3.95. The maximum Gasteiger partial charge on any atom is 0.374 e. The summed E-state index contributed by atoms with van der Waals surface area (Å²) in [4.78, 5) is 21.9. The Morgan fingerprint density at radius 2 is 1.06 bits per heavy atom. The average molecular weight is 241 g/mol. The van der Waals surface area contributed by atoms with Gasteiger partial charge in [-0.05, 0) is 20.9 Å². The van der Waals surface area contributed by atoms with E-state index in [0.717, 1.165) is 0 Å². The lowest BCUT2D eigenvalue weighted by atomic mass is 10.3. The fraction of sp³-hybridized carbons (Fsp3) is 0.500. The van der Waals surface area contributed by atoms with Gasteiger partial charge in [0.2, 0.25) is 0 Å². The normalized spacial score (nSPS) is 22.1. The molecule has 13 nitrogen and oxygen atoms in total. The van der Waals surface area contributed by atoms with Gasteiger partial charge in [-0.15, -0.1) is 20.5 Å². The average Bonchev–Trinajstić information content (AvgIpc) is 2.88. The summed E-state index contributed by atoms with van der Waals surface area (Å²) in [6.07, 6.45) is 0. The van der Waals surface area contributed by atoms with Crippen molar-refractivity contribution in [2.24, 2.45) is 41.4 Å². The number of aliphatic carboxylic acids is 2. The Morgan fingerprint density at radius 3 is 1.29 bits per heavy atom. The zero-order chi connectivity index (χ0) is 12.5. The van der Waals surface area contributed by atoms with Crippen LogP contribution in [0.15, 0.2) is 41.4 Å². The smallest absolute Gasteiger partial charge is 0.374 e. The maximum atomic E-state index is 11.0. The first-order valence-corrected chi connectivity index (χ1v) is 3.95. The van der Waals surface area contributed by atoms with Crippen LogP contribution in [0.5, 0.6) is 0 Å². The van der Waals surface area contributed by atoms with Crippen molar-refractivity contribution in [2.75, 3.05) is 0 Å². The van der Waals surface area contributed by atoms with E-state index < -0.39 is 23.5 Å². The molecule has 2 aliphatic heterocycles. The summed E-state index contributed by atoms with van der Waals surface area (Å²) in [5.74, 6) is -8.05. The summed E-state index contributed by atoms with van der Waals surface area (Å²) in [6.45, 7) is 0. The molecule has 0 aromatic rings. The molecule has 0 unspecified atom stereocenters. The van der Waals surface area contributed by atoms with Crippen molar-refractivity contribution in [3.8, 4) is 0 Å². The van der Waals surface area contributed by atoms with Gasteiger partial charge in [0.15, 0.2) is 0 Å². The molecule has 0 saturated heterocycles. The first-order chi connectivity index (χ1) is 8.01. The Balaban J connectivity index is 2.36. The van der Waals surface area contributed by atoms with E-state index in [1.807, 2.05) is 5.32 Å². The monoisotopic (exact) mass is 241 g/mol. The standard InChI is InChI=1S/C4H3N9O4/c14-1(15)3(6-10-11-7-3)5-4(2(16)17)8-12-13-9-4/h5H,(H,14,15)(H,16,17). The van der Waals surface area contributed by atoms with Gasteiger partial charge < -0.3 is 10.2 Å². The molecule has 0 bridgehead atoms. The summed E-state index contributed by atoms with van der Waals surface area (Å²) in [5.41, 5.74) is 0. The van der Waals surface area contributed by atoms with Crippen molar-refractivity contribution in [3.63, 3.8) is 0 Å². The molecule has 0 aliphatic carbocycles. The Kier molecular flexibility index (Phi) is 2.17. The van der Waals surface area contributed by atoms with Gasteiger partial charge in [-0.25, -0.2) is 14.9 Å². The highest BCUT2D eigenvalue weighted by atomic mass is 16.4. The van der Waals surface area contributed by atoms with Crippen molar-refractivity contribution < 1.29 is 19.8 Å². The van der Waals surface area contributed by atoms with Crippen LogP contribution in [0.2, 0.25) is 0 Å². The number of carboxylic acids is 2. The van der Waals surface area contributed by atoms with E-state index in [0.29, 0.717) is 0 Å². The molecule has 2 aliphatic rings. The van der Waals surface area contributed by atoms with Crippen molar-refractivity contribution >= 4 is 11.9 Å². The SMILES string of the molecule is O=C(O)C1(NC2(C(=O)O)N=NN=N2)N=NN=N1. The fourth-order valence-corrected chi connectivity index (χ4v) is 1.000. The molecule has 0 saturated carbocycles. The number of rotatable bonds is 4. The summed E-state index contributed by atoms with van der Waals surface area (Å²) < 4.78 is 0. The summed E-state index contributed by atoms with van der Waals surface area (Å²) in [5, 5.41) is 44.4. The molecular formula is C4H3N9O4. The van der Waals surface area contributed by atoms with Gasteiger partial charge in [0, 0.05) is 0 Å². The second-order valence-electron chi connectivity index (χ2n) is 2.84. The minimum atomic E-state index is -2.40. The van der Waals surface area contributed by atoms with Crippen molar-refractivity contribution in [2.45, 2.75) is 11.6 Å². The molecule has 2 heterocycles. The Labute approximate surface area is 91.0 Å². The predicted molar refractivity (Wildman–Crippen MR) is 43.3 cm³/mol. The summed E-state index contributed by atoms with van der Waals surface area (Å²) in [7, 11) is 0. The second-order valence-corrected chi connectivity index (χ2v) is 2.84. The maximum absolute atomic E-state index is 11.0. The highest BCUT2D eigenvalue weighted by Gasteiger charge is 2.55. The molecule has 3 N–H and O–H groups in total. The van der Waals surface area contributed by atoms with Gasteiger partial charge in [0.25, 0.3) is 0 Å². The molecule has 0 fully saturated rings. The van der Waals surface area contributed by atoms with Crippen LogP contribution < -0.4 is 5.32 Å². The summed E-state index contributed by atoms with van der Waals surface area (Å²) >= 11 is 0. The van der Waals surface area contributed by atoms with E-state index in [1.54, 1.807) is 0 Å². The molecule has 0 radical (unpaired) electrons. The largest absolute Gasteiger partial charge is 0.477 e. The number of carboxylic acid groups (broad SMARTS) is 2. The molecule has 13 heteroatoms. The Bertz CT molecular complexity index is 423. The van der Waals surface area contributed by atoms with E-state index in [-0.39, 0.29) is 0 Å². The minimum Gasteiger partial charge on any atom is -0.477 e. The van der Waals surface area contributed by atoms with E-state index in [1.165, 1.54) is 0 Å². The highest BCUT2D eigenvalue weighted by Crippen LogP contribution is 2.26. The topological polar surface area (TPSA) is 186 Å². The summed E-state index contributed by atoms with van der Waals surface area (Å²) in [6, 6.07) is 0. The fourth-order valence-electron chi connectivity index (χ4n) is 1.000. The number of hydrogen-bond acceptors (Lipinski definition) is 11. The molecule has 2 rings (SSSR count). The van der Waals surface area contributed by atoms with Crippen LogP contribution in [-0.4, -0.2) is 33.7 Å². The third-order valence-corrected chi connectivity index (χ3v) is 1.78. The molecule has 0 atom stereocenters. The third kappa shape index (κ3) is 1.53. The quantitative estimate of drug-likeness (QED) is 0.609. The van der Waals surface area contributed by atoms with Gasteiger partial charge in [-0.1, -0.05) is 0 Å². The van der Waals surface area contributed by atoms with E-state index in [9.17, 15) is 9.59 Å². The van der Waals surface area contributed by atoms with Crippen LogP contribution in [0, 0.1) is 0 Å². The van der Waals surface area contributed by atoms with Crippen LogP contribution in [0.3, 0.4) is 0 Å². The minimum absolute atomic E-state index is 1.62. The Morgan fingerprint density at radius 1 is 0.765 bits per heavy atom. The van der Waals surface area contributed by atoms with Crippen LogP contribution >= 0.6 is 0 Å². The van der Waals surface area contributed by atoms with Crippen molar-refractivity contribution in [1.29, 1.82) is 0 Å². The van der Waals surface area contributed by atoms with Crippen molar-refractivity contribution in [3.05, 3.63) is 0 Å². The molecular weight excluding hydrogens is 238 g/mol. The molecule has 0 spiro atoms. The molecule has 0 amide bonds. The van der Waals surface area contributed by atoms with Gasteiger partial charge in [0.1, 0.15) is 0 Å². The lowest BCUT2D eigenvalue weighted by molar-refractivity contribution is -0.150. The van der Waals surface area contributed by atoms with Crippen LogP contribution in [0.1, 0.15) is 0 Å². The van der Waals surface area contributed by atoms with E-state index >= 15 is 0 Å². The number of carbonyl (C=O) groups is 2. The van der Waals surface area contributed by atoms with Crippen LogP contribution in [0.4, 0.5) is 0 Å². The number of hydrogen-bond donors (Lipinski definition) is 3. The number of nitrogens with one attached hydrogen (secondary N) is 1. The zero-order valence-electron chi connectivity index (χ0n) is 7.79. The predicted octanol–water partition coefficient (Wildman–Crippen LogP) is -0.281. The lowest BCUT2D eigenvalue weighted by Gasteiger charge is -2.22.